The predicted octanol–water partition coefficient (Wildman–Crippen LogP) is 3.58. The zero-order chi connectivity index (χ0) is 13.8. The molecule has 0 amide bonds. The van der Waals surface area contributed by atoms with Crippen LogP contribution in [0.3, 0.4) is 0 Å². The Kier molecular flexibility index (Phi) is 4.77. The highest BCUT2D eigenvalue weighted by Crippen LogP contribution is 2.28. The fourth-order valence-electron chi connectivity index (χ4n) is 2.22. The van der Waals surface area contributed by atoms with Crippen molar-refractivity contribution in [2.45, 2.75) is 26.3 Å². The number of hydrogen-bond acceptors (Lipinski definition) is 2. The topological polar surface area (TPSA) is 29.9 Å². The first-order valence-corrected chi connectivity index (χ1v) is 7.40. The van der Waals surface area contributed by atoms with E-state index in [0.29, 0.717) is 0 Å². The third kappa shape index (κ3) is 3.07. The Morgan fingerprint density at radius 3 is 2.84 bits per heavy atom. The quantitative estimate of drug-likeness (QED) is 0.912. The average Bonchev–Trinajstić information content (AvgIpc) is 2.81. The number of halogens is 1. The summed E-state index contributed by atoms with van der Waals surface area (Å²) in [5.74, 6) is 1.05. The lowest BCUT2D eigenvalue weighted by molar-refractivity contribution is 0.553. The smallest absolute Gasteiger partial charge is 0.130 e. The number of nitrogens with one attached hydrogen (secondary N) is 1. The summed E-state index contributed by atoms with van der Waals surface area (Å²) in [5, 5.41) is 3.59. The summed E-state index contributed by atoms with van der Waals surface area (Å²) in [7, 11) is 2.04. The molecule has 4 heteroatoms. The predicted molar refractivity (Wildman–Crippen MR) is 82.2 cm³/mol. The van der Waals surface area contributed by atoms with Crippen LogP contribution < -0.4 is 5.32 Å². The molecule has 102 valence electrons. The fourth-order valence-corrected chi connectivity index (χ4v) is 2.60. The molecule has 2 rings (SSSR count). The van der Waals surface area contributed by atoms with E-state index in [4.69, 9.17) is 0 Å². The number of hydrogen-bond donors (Lipinski definition) is 1. The second kappa shape index (κ2) is 6.35. The lowest BCUT2D eigenvalue weighted by Gasteiger charge is -2.21. The Hall–Kier alpha value is -1.13. The molecular weight excluding hydrogens is 302 g/mol. The van der Waals surface area contributed by atoms with Crippen molar-refractivity contribution in [3.8, 4) is 0 Å². The molecule has 1 heterocycles. The zero-order valence-corrected chi connectivity index (χ0v) is 13.2. The summed E-state index contributed by atoms with van der Waals surface area (Å²) in [6.45, 7) is 5.29. The second-order valence-corrected chi connectivity index (χ2v) is 5.59. The molecule has 1 aromatic heterocycles. The van der Waals surface area contributed by atoms with Crippen LogP contribution in [0.5, 0.6) is 0 Å². The molecule has 2 aromatic rings. The molecule has 1 atom stereocenters. The van der Waals surface area contributed by atoms with Gasteiger partial charge in [-0.3, -0.25) is 0 Å². The molecule has 0 bridgehead atoms. The van der Waals surface area contributed by atoms with Crippen LogP contribution in [0.4, 0.5) is 0 Å². The highest BCUT2D eigenvalue weighted by molar-refractivity contribution is 9.10. The minimum atomic E-state index is 0.137. The van der Waals surface area contributed by atoms with E-state index in [1.54, 1.807) is 0 Å². The Morgan fingerprint density at radius 1 is 1.42 bits per heavy atom. The van der Waals surface area contributed by atoms with E-state index >= 15 is 0 Å². The van der Waals surface area contributed by atoms with Crippen molar-refractivity contribution in [2.24, 2.45) is 7.05 Å². The lowest BCUT2D eigenvalue weighted by Crippen LogP contribution is -2.26. The van der Waals surface area contributed by atoms with Gasteiger partial charge in [-0.2, -0.15) is 0 Å². The summed E-state index contributed by atoms with van der Waals surface area (Å²) in [6, 6.07) is 6.46. The van der Waals surface area contributed by atoms with Crippen molar-refractivity contribution in [2.75, 3.05) is 6.54 Å². The first kappa shape index (κ1) is 14.3. The summed E-state index contributed by atoms with van der Waals surface area (Å²) < 4.78 is 3.22. The van der Waals surface area contributed by atoms with Crippen molar-refractivity contribution < 1.29 is 0 Å². The van der Waals surface area contributed by atoms with E-state index in [0.717, 1.165) is 23.3 Å². The lowest BCUT2D eigenvalue weighted by atomic mass is 10.0. The van der Waals surface area contributed by atoms with Crippen molar-refractivity contribution in [3.05, 3.63) is 52.0 Å². The molecule has 3 nitrogen and oxygen atoms in total. The molecule has 0 aliphatic carbocycles. The molecule has 0 aliphatic heterocycles. The normalized spacial score (nSPS) is 12.6. The van der Waals surface area contributed by atoms with Gasteiger partial charge in [-0.05, 0) is 37.1 Å². The first-order valence-electron chi connectivity index (χ1n) is 6.60. The summed E-state index contributed by atoms with van der Waals surface area (Å²) in [6.07, 6.45) is 4.94. The van der Waals surface area contributed by atoms with Gasteiger partial charge >= 0.3 is 0 Å². The summed E-state index contributed by atoms with van der Waals surface area (Å²) in [5.41, 5.74) is 2.54. The van der Waals surface area contributed by atoms with Crippen LogP contribution in [-0.4, -0.2) is 16.1 Å². The minimum Gasteiger partial charge on any atom is -0.336 e. The largest absolute Gasteiger partial charge is 0.336 e. The monoisotopic (exact) mass is 321 g/mol. The van der Waals surface area contributed by atoms with Crippen LogP contribution in [0.1, 0.15) is 36.3 Å². The van der Waals surface area contributed by atoms with Crippen LogP contribution in [-0.2, 0) is 7.05 Å². The van der Waals surface area contributed by atoms with E-state index in [1.807, 2.05) is 19.4 Å². The highest BCUT2D eigenvalue weighted by Gasteiger charge is 2.19. The van der Waals surface area contributed by atoms with Gasteiger partial charge in [-0.25, -0.2) is 4.98 Å². The molecule has 1 unspecified atom stereocenters. The van der Waals surface area contributed by atoms with E-state index in [-0.39, 0.29) is 6.04 Å². The van der Waals surface area contributed by atoms with Crippen LogP contribution in [0, 0.1) is 6.92 Å². The molecule has 1 N–H and O–H groups in total. The van der Waals surface area contributed by atoms with Gasteiger partial charge in [0.05, 0.1) is 6.04 Å². The Labute approximate surface area is 123 Å². The Balaban J connectivity index is 2.43. The van der Waals surface area contributed by atoms with Crippen LogP contribution in [0.15, 0.2) is 35.1 Å². The second-order valence-electron chi connectivity index (χ2n) is 4.74. The number of nitrogens with zero attached hydrogens (tertiary/aromatic N) is 2. The zero-order valence-electron chi connectivity index (χ0n) is 11.7. The minimum absolute atomic E-state index is 0.137. The molecule has 0 aliphatic rings. The molecular formula is C15H20BrN3. The van der Waals surface area contributed by atoms with E-state index in [9.17, 15) is 0 Å². The maximum atomic E-state index is 4.50. The molecule has 1 aromatic carbocycles. The highest BCUT2D eigenvalue weighted by atomic mass is 79.9. The number of benzene rings is 1. The van der Waals surface area contributed by atoms with Crippen molar-refractivity contribution in [3.63, 3.8) is 0 Å². The average molecular weight is 322 g/mol. The maximum absolute atomic E-state index is 4.50. The fraction of sp³-hybridized carbons (Fsp3) is 0.400. The van der Waals surface area contributed by atoms with Crippen molar-refractivity contribution in [1.29, 1.82) is 0 Å². The Bertz CT molecular complexity index is 548. The number of imidazole rings is 1. The van der Waals surface area contributed by atoms with Crippen molar-refractivity contribution in [1.82, 2.24) is 14.9 Å². The van der Waals surface area contributed by atoms with Gasteiger partial charge < -0.3 is 9.88 Å². The van der Waals surface area contributed by atoms with E-state index in [2.05, 4.69) is 62.8 Å². The first-order chi connectivity index (χ1) is 9.15. The third-order valence-corrected chi connectivity index (χ3v) is 4.19. The molecule has 0 spiro atoms. The molecule has 0 radical (unpaired) electrons. The van der Waals surface area contributed by atoms with E-state index in [1.165, 1.54) is 11.1 Å². The molecule has 19 heavy (non-hydrogen) atoms. The van der Waals surface area contributed by atoms with Gasteiger partial charge in [0.1, 0.15) is 5.82 Å². The van der Waals surface area contributed by atoms with Crippen LogP contribution in [0.2, 0.25) is 0 Å². The maximum Gasteiger partial charge on any atom is 0.130 e. The summed E-state index contributed by atoms with van der Waals surface area (Å²) >= 11 is 3.61. The number of aryl methyl sites for hydroxylation is 1. The SMILES string of the molecule is CCCNC(c1cccc(Br)c1C)c1nccn1C. The van der Waals surface area contributed by atoms with Crippen LogP contribution in [0.25, 0.3) is 0 Å². The standard InChI is InChI=1S/C15H20BrN3/c1-4-8-17-14(15-18-9-10-19(15)3)12-6-5-7-13(16)11(12)2/h5-7,9-10,14,17H,4,8H2,1-3H3. The third-order valence-electron chi connectivity index (χ3n) is 3.34. The van der Waals surface area contributed by atoms with Gasteiger partial charge in [0.25, 0.3) is 0 Å². The molecule has 0 saturated carbocycles. The Morgan fingerprint density at radius 2 is 2.21 bits per heavy atom. The van der Waals surface area contributed by atoms with Gasteiger partial charge in [0.15, 0.2) is 0 Å². The van der Waals surface area contributed by atoms with E-state index < -0.39 is 0 Å². The van der Waals surface area contributed by atoms with Gasteiger partial charge in [0.2, 0.25) is 0 Å². The molecule has 0 fully saturated rings. The molecule has 0 saturated heterocycles. The van der Waals surface area contributed by atoms with Crippen LogP contribution >= 0.6 is 15.9 Å². The number of rotatable bonds is 5. The van der Waals surface area contributed by atoms with Gasteiger partial charge in [0, 0.05) is 23.9 Å². The summed E-state index contributed by atoms with van der Waals surface area (Å²) in [4.78, 5) is 4.50. The number of aromatic nitrogens is 2. The van der Waals surface area contributed by atoms with Crippen molar-refractivity contribution >= 4 is 15.9 Å². The van der Waals surface area contributed by atoms with Gasteiger partial charge in [-0.1, -0.05) is 35.0 Å². The van der Waals surface area contributed by atoms with Gasteiger partial charge in [-0.15, -0.1) is 0 Å².